The Morgan fingerprint density at radius 3 is 2.81 bits per heavy atom. The van der Waals surface area contributed by atoms with Crippen LogP contribution in [0.2, 0.25) is 0 Å². The van der Waals surface area contributed by atoms with Gasteiger partial charge in [-0.25, -0.2) is 0 Å². The van der Waals surface area contributed by atoms with Gasteiger partial charge in [0, 0.05) is 5.56 Å². The first-order valence-corrected chi connectivity index (χ1v) is 5.19. The lowest BCUT2D eigenvalue weighted by Gasteiger charge is -2.11. The Hall–Kier alpha value is -1.95. The molecule has 3 nitrogen and oxygen atoms in total. The van der Waals surface area contributed by atoms with E-state index in [1.54, 1.807) is 24.3 Å². The molecule has 0 bridgehead atoms. The molecule has 0 saturated carbocycles. The van der Waals surface area contributed by atoms with Gasteiger partial charge in [-0.1, -0.05) is 31.0 Å². The van der Waals surface area contributed by atoms with Gasteiger partial charge in [0.2, 0.25) is 5.91 Å². The number of hydrogen-bond donors (Lipinski definition) is 2. The number of benzene rings is 1. The highest BCUT2D eigenvalue weighted by atomic mass is 16.3. The van der Waals surface area contributed by atoms with Crippen molar-refractivity contribution in [3.63, 3.8) is 0 Å². The van der Waals surface area contributed by atoms with Crippen molar-refractivity contribution in [2.24, 2.45) is 0 Å². The molecule has 0 saturated heterocycles. The average Bonchev–Trinajstić information content (AvgIpc) is 2.29. The molecule has 0 fully saturated rings. The number of aromatic hydroxyl groups is 1. The Morgan fingerprint density at radius 2 is 2.25 bits per heavy atom. The first kappa shape index (κ1) is 12.1. The van der Waals surface area contributed by atoms with Crippen LogP contribution in [-0.2, 0) is 11.2 Å². The molecular formula is C13H15NO2. The summed E-state index contributed by atoms with van der Waals surface area (Å²) in [6, 6.07) is 6.53. The molecule has 3 heteroatoms. The molecule has 0 aromatic heterocycles. The van der Waals surface area contributed by atoms with Crippen LogP contribution >= 0.6 is 0 Å². The summed E-state index contributed by atoms with van der Waals surface area (Å²) in [6.45, 7) is 1.91. The molecule has 2 N–H and O–H groups in total. The van der Waals surface area contributed by atoms with E-state index in [9.17, 15) is 9.90 Å². The van der Waals surface area contributed by atoms with Gasteiger partial charge in [-0.05, 0) is 12.5 Å². The number of amides is 1. The number of phenolic OH excluding ortho intramolecular Hbond substituents is 1. The van der Waals surface area contributed by atoms with Gasteiger partial charge in [0.05, 0.1) is 12.5 Å². The number of carbonyl (C=O) groups is 1. The maximum Gasteiger partial charge on any atom is 0.225 e. The topological polar surface area (TPSA) is 49.3 Å². The van der Waals surface area contributed by atoms with Gasteiger partial charge in [0.15, 0.2) is 0 Å². The molecule has 0 aliphatic carbocycles. The Morgan fingerprint density at radius 1 is 1.56 bits per heavy atom. The normalized spacial score (nSPS) is 11.5. The second kappa shape index (κ2) is 5.82. The van der Waals surface area contributed by atoms with E-state index in [0.717, 1.165) is 0 Å². The predicted molar refractivity (Wildman–Crippen MR) is 62.9 cm³/mol. The summed E-state index contributed by atoms with van der Waals surface area (Å²) in [5.74, 6) is 2.44. The molecule has 1 amide bonds. The van der Waals surface area contributed by atoms with Gasteiger partial charge in [-0.2, -0.15) is 0 Å². The zero-order valence-corrected chi connectivity index (χ0v) is 9.23. The number of carbonyl (C=O) groups excluding carboxylic acids is 1. The maximum atomic E-state index is 11.6. The van der Waals surface area contributed by atoms with Crippen LogP contribution in [0.4, 0.5) is 0 Å². The van der Waals surface area contributed by atoms with Crippen molar-refractivity contribution in [1.82, 2.24) is 5.32 Å². The average molecular weight is 217 g/mol. The second-order valence-corrected chi connectivity index (χ2v) is 3.50. The summed E-state index contributed by atoms with van der Waals surface area (Å²) in [6.07, 6.45) is 6.08. The van der Waals surface area contributed by atoms with Crippen molar-refractivity contribution in [2.45, 2.75) is 25.8 Å². The fraction of sp³-hybridized carbons (Fsp3) is 0.308. The first-order chi connectivity index (χ1) is 7.67. The van der Waals surface area contributed by atoms with E-state index in [1.807, 2.05) is 6.92 Å². The first-order valence-electron chi connectivity index (χ1n) is 5.19. The molecule has 16 heavy (non-hydrogen) atoms. The van der Waals surface area contributed by atoms with Crippen LogP contribution in [0, 0.1) is 12.3 Å². The zero-order valence-electron chi connectivity index (χ0n) is 9.23. The number of rotatable bonds is 4. The number of hydrogen-bond acceptors (Lipinski definition) is 2. The number of nitrogens with one attached hydrogen (secondary N) is 1. The SMILES string of the molecule is C#CC(CC)NC(=O)Cc1ccccc1O. The highest BCUT2D eigenvalue weighted by molar-refractivity contribution is 5.79. The summed E-state index contributed by atoms with van der Waals surface area (Å²) < 4.78 is 0. The van der Waals surface area contributed by atoms with E-state index >= 15 is 0 Å². The second-order valence-electron chi connectivity index (χ2n) is 3.50. The molecular weight excluding hydrogens is 202 g/mol. The molecule has 1 aromatic carbocycles. The molecule has 1 aromatic rings. The van der Waals surface area contributed by atoms with Crippen LogP contribution in [0.5, 0.6) is 5.75 Å². The number of terminal acetylenes is 1. The largest absolute Gasteiger partial charge is 0.508 e. The van der Waals surface area contributed by atoms with E-state index < -0.39 is 0 Å². The van der Waals surface area contributed by atoms with Crippen molar-refractivity contribution in [2.75, 3.05) is 0 Å². The van der Waals surface area contributed by atoms with Gasteiger partial charge >= 0.3 is 0 Å². The smallest absolute Gasteiger partial charge is 0.225 e. The van der Waals surface area contributed by atoms with Crippen LogP contribution in [-0.4, -0.2) is 17.1 Å². The molecule has 0 aliphatic heterocycles. The van der Waals surface area contributed by atoms with Crippen molar-refractivity contribution in [1.29, 1.82) is 0 Å². The monoisotopic (exact) mass is 217 g/mol. The van der Waals surface area contributed by atoms with Crippen LogP contribution in [0.1, 0.15) is 18.9 Å². The highest BCUT2D eigenvalue weighted by Gasteiger charge is 2.10. The third kappa shape index (κ3) is 3.32. The van der Waals surface area contributed by atoms with Crippen LogP contribution in [0.3, 0.4) is 0 Å². The van der Waals surface area contributed by atoms with E-state index in [0.29, 0.717) is 12.0 Å². The van der Waals surface area contributed by atoms with Crippen LogP contribution in [0.25, 0.3) is 0 Å². The molecule has 0 aliphatic rings. The lowest BCUT2D eigenvalue weighted by Crippen LogP contribution is -2.34. The summed E-state index contributed by atoms with van der Waals surface area (Å²) in [5, 5.41) is 12.2. The molecule has 84 valence electrons. The van der Waals surface area contributed by atoms with Gasteiger partial charge in [-0.3, -0.25) is 4.79 Å². The van der Waals surface area contributed by atoms with E-state index in [1.165, 1.54) is 0 Å². The van der Waals surface area contributed by atoms with E-state index in [4.69, 9.17) is 6.42 Å². The minimum absolute atomic E-state index is 0.131. The zero-order chi connectivity index (χ0) is 12.0. The fourth-order valence-electron chi connectivity index (χ4n) is 1.34. The van der Waals surface area contributed by atoms with Crippen LogP contribution in [0.15, 0.2) is 24.3 Å². The van der Waals surface area contributed by atoms with Crippen molar-refractivity contribution < 1.29 is 9.90 Å². The van der Waals surface area contributed by atoms with Gasteiger partial charge in [0.1, 0.15) is 5.75 Å². The molecule has 1 unspecified atom stereocenters. The molecule has 0 spiro atoms. The summed E-state index contributed by atoms with van der Waals surface area (Å²) in [4.78, 5) is 11.6. The molecule has 0 heterocycles. The number of para-hydroxylation sites is 1. The van der Waals surface area contributed by atoms with E-state index in [2.05, 4.69) is 11.2 Å². The minimum atomic E-state index is -0.238. The predicted octanol–water partition coefficient (Wildman–Crippen LogP) is 1.46. The molecule has 0 radical (unpaired) electrons. The Kier molecular flexibility index (Phi) is 4.41. The van der Waals surface area contributed by atoms with Crippen molar-refractivity contribution >= 4 is 5.91 Å². The minimum Gasteiger partial charge on any atom is -0.508 e. The highest BCUT2D eigenvalue weighted by Crippen LogP contribution is 2.15. The quantitative estimate of drug-likeness (QED) is 0.750. The van der Waals surface area contributed by atoms with Crippen molar-refractivity contribution in [3.8, 4) is 18.1 Å². The third-order valence-electron chi connectivity index (χ3n) is 2.29. The standard InChI is InChI=1S/C13H15NO2/c1-3-11(4-2)14-13(16)9-10-7-5-6-8-12(10)15/h1,5-8,11,15H,4,9H2,2H3,(H,14,16). The lowest BCUT2D eigenvalue weighted by atomic mass is 10.1. The van der Waals surface area contributed by atoms with Crippen LogP contribution < -0.4 is 5.32 Å². The summed E-state index contributed by atoms with van der Waals surface area (Å²) in [5.41, 5.74) is 0.604. The Balaban J connectivity index is 2.59. The lowest BCUT2D eigenvalue weighted by molar-refractivity contribution is -0.120. The molecule has 1 atom stereocenters. The Labute approximate surface area is 95.5 Å². The van der Waals surface area contributed by atoms with Gasteiger partial charge in [-0.15, -0.1) is 6.42 Å². The summed E-state index contributed by atoms with van der Waals surface area (Å²) >= 11 is 0. The maximum absolute atomic E-state index is 11.6. The Bertz CT molecular complexity index is 407. The van der Waals surface area contributed by atoms with E-state index in [-0.39, 0.29) is 24.1 Å². The van der Waals surface area contributed by atoms with Crippen molar-refractivity contribution in [3.05, 3.63) is 29.8 Å². The molecule has 1 rings (SSSR count). The van der Waals surface area contributed by atoms with Gasteiger partial charge < -0.3 is 10.4 Å². The number of phenols is 1. The van der Waals surface area contributed by atoms with Gasteiger partial charge in [0.25, 0.3) is 0 Å². The third-order valence-corrected chi connectivity index (χ3v) is 2.29. The summed E-state index contributed by atoms with van der Waals surface area (Å²) in [7, 11) is 0. The fourth-order valence-corrected chi connectivity index (χ4v) is 1.34.